The van der Waals surface area contributed by atoms with Crippen molar-refractivity contribution in [3.05, 3.63) is 83.4 Å². The molecule has 0 saturated carbocycles. The van der Waals surface area contributed by atoms with E-state index in [0.717, 1.165) is 11.1 Å². The minimum atomic E-state index is -1.20. The number of hydrogen-bond donors (Lipinski definition) is 2. The van der Waals surface area contributed by atoms with Crippen molar-refractivity contribution in [2.75, 3.05) is 33.4 Å². The number of halogens is 1. The lowest BCUT2D eigenvalue weighted by molar-refractivity contribution is -0.147. The number of carbonyl (C=O) groups is 3. The first kappa shape index (κ1) is 28.3. The summed E-state index contributed by atoms with van der Waals surface area (Å²) in [6.07, 6.45) is 1.76. The molecule has 208 valence electrons. The molecule has 9 nitrogen and oxygen atoms in total. The van der Waals surface area contributed by atoms with Crippen LogP contribution in [0, 0.1) is 5.82 Å². The van der Waals surface area contributed by atoms with E-state index in [0.29, 0.717) is 12.2 Å². The standard InChI is InChI=1S/C29H35FN4O5/c1-28(2,31)27(37)32-23(18-39-17-21-7-5-4-6-8-21)26(36)33-13-14-34-25(35)15-24(38-3)29(34,19-33)16-20-9-11-22(30)12-10-20/h4-12,15,23H,13-14,16-19,31H2,1-3H3,(H,32,37). The Morgan fingerprint density at radius 2 is 1.79 bits per heavy atom. The number of nitrogens with zero attached hydrogens (tertiary/aromatic N) is 2. The second-order valence-electron chi connectivity index (χ2n) is 10.5. The quantitative estimate of drug-likeness (QED) is 0.477. The van der Waals surface area contributed by atoms with E-state index in [9.17, 15) is 18.8 Å². The highest BCUT2D eigenvalue weighted by Gasteiger charge is 2.53. The van der Waals surface area contributed by atoms with Crippen molar-refractivity contribution in [3.63, 3.8) is 0 Å². The van der Waals surface area contributed by atoms with Crippen molar-refractivity contribution in [1.82, 2.24) is 15.1 Å². The van der Waals surface area contributed by atoms with Gasteiger partial charge in [0.15, 0.2) is 0 Å². The minimum absolute atomic E-state index is 0.0629. The molecule has 2 aliphatic rings. The van der Waals surface area contributed by atoms with Gasteiger partial charge in [-0.2, -0.15) is 0 Å². The Morgan fingerprint density at radius 3 is 2.44 bits per heavy atom. The van der Waals surface area contributed by atoms with Crippen molar-refractivity contribution in [2.24, 2.45) is 5.73 Å². The SMILES string of the molecule is COC1=CC(=O)N2CCN(C(=O)C(COCc3ccccc3)NC(=O)C(C)(C)N)CC12Cc1ccc(F)cc1. The van der Waals surface area contributed by atoms with Crippen LogP contribution in [0.1, 0.15) is 25.0 Å². The van der Waals surface area contributed by atoms with Crippen LogP contribution in [0.5, 0.6) is 0 Å². The number of methoxy groups -OCH3 is 1. The van der Waals surface area contributed by atoms with E-state index in [4.69, 9.17) is 15.2 Å². The first-order valence-corrected chi connectivity index (χ1v) is 12.9. The van der Waals surface area contributed by atoms with Gasteiger partial charge in [0.05, 0.1) is 32.4 Å². The third kappa shape index (κ3) is 6.29. The maximum absolute atomic E-state index is 13.9. The van der Waals surface area contributed by atoms with Crippen LogP contribution >= 0.6 is 0 Å². The van der Waals surface area contributed by atoms with Gasteiger partial charge in [-0.3, -0.25) is 14.4 Å². The normalized spacial score (nSPS) is 19.8. The number of rotatable bonds is 10. The van der Waals surface area contributed by atoms with Crippen LogP contribution in [-0.4, -0.2) is 78.0 Å². The fourth-order valence-corrected chi connectivity index (χ4v) is 4.99. The Kier molecular flexibility index (Phi) is 8.36. The van der Waals surface area contributed by atoms with Crippen molar-refractivity contribution >= 4 is 17.7 Å². The molecule has 2 unspecified atom stereocenters. The molecule has 4 rings (SSSR count). The molecule has 2 aromatic carbocycles. The minimum Gasteiger partial charge on any atom is -0.498 e. The summed E-state index contributed by atoms with van der Waals surface area (Å²) >= 11 is 0. The van der Waals surface area contributed by atoms with Crippen molar-refractivity contribution in [3.8, 4) is 0 Å². The number of piperazine rings is 1. The monoisotopic (exact) mass is 538 g/mol. The van der Waals surface area contributed by atoms with Gasteiger partial charge in [-0.25, -0.2) is 4.39 Å². The zero-order chi connectivity index (χ0) is 28.2. The van der Waals surface area contributed by atoms with E-state index in [2.05, 4.69) is 5.32 Å². The van der Waals surface area contributed by atoms with Gasteiger partial charge in [0.25, 0.3) is 5.91 Å². The molecule has 2 heterocycles. The van der Waals surface area contributed by atoms with Crippen LogP contribution in [0.3, 0.4) is 0 Å². The molecule has 0 spiro atoms. The van der Waals surface area contributed by atoms with Crippen LogP contribution in [0.15, 0.2) is 66.4 Å². The summed E-state index contributed by atoms with van der Waals surface area (Å²) in [7, 11) is 1.49. The molecule has 1 fully saturated rings. The van der Waals surface area contributed by atoms with E-state index in [1.54, 1.807) is 35.8 Å². The summed E-state index contributed by atoms with van der Waals surface area (Å²) in [5.74, 6) is -0.985. The zero-order valence-corrected chi connectivity index (χ0v) is 22.5. The third-order valence-corrected chi connectivity index (χ3v) is 7.07. The van der Waals surface area contributed by atoms with Crippen LogP contribution in [-0.2, 0) is 36.9 Å². The Bertz CT molecular complexity index is 1230. The zero-order valence-electron chi connectivity index (χ0n) is 22.5. The van der Waals surface area contributed by atoms with Gasteiger partial charge >= 0.3 is 0 Å². The molecule has 0 aliphatic carbocycles. The predicted octanol–water partition coefficient (Wildman–Crippen LogP) is 1.76. The van der Waals surface area contributed by atoms with E-state index < -0.39 is 23.0 Å². The molecule has 2 aliphatic heterocycles. The topological polar surface area (TPSA) is 114 Å². The van der Waals surface area contributed by atoms with Gasteiger partial charge in [0.2, 0.25) is 11.8 Å². The molecular formula is C29H35FN4O5. The molecule has 3 amide bonds. The van der Waals surface area contributed by atoms with E-state index in [1.807, 2.05) is 30.3 Å². The van der Waals surface area contributed by atoms with Crippen LogP contribution in [0.25, 0.3) is 0 Å². The number of benzene rings is 2. The predicted molar refractivity (Wildman–Crippen MR) is 143 cm³/mol. The first-order valence-electron chi connectivity index (χ1n) is 12.9. The summed E-state index contributed by atoms with van der Waals surface area (Å²) in [6, 6.07) is 14.5. The Labute approximate surface area is 227 Å². The van der Waals surface area contributed by atoms with Gasteiger partial charge in [-0.15, -0.1) is 0 Å². The summed E-state index contributed by atoms with van der Waals surface area (Å²) in [5, 5.41) is 2.75. The molecule has 0 bridgehead atoms. The first-order chi connectivity index (χ1) is 18.5. The second-order valence-corrected chi connectivity index (χ2v) is 10.5. The average Bonchev–Trinajstić information content (AvgIpc) is 3.19. The molecule has 0 aromatic heterocycles. The smallest absolute Gasteiger partial charge is 0.251 e. The number of ether oxygens (including phenoxy) is 2. The largest absolute Gasteiger partial charge is 0.498 e. The fraction of sp³-hybridized carbons (Fsp3) is 0.414. The number of amides is 3. The molecule has 1 saturated heterocycles. The number of nitrogens with one attached hydrogen (secondary N) is 1. The third-order valence-electron chi connectivity index (χ3n) is 7.07. The van der Waals surface area contributed by atoms with E-state index in [-0.39, 0.29) is 50.5 Å². The van der Waals surface area contributed by atoms with Gasteiger partial charge in [0.1, 0.15) is 23.2 Å². The number of nitrogens with two attached hydrogens (primary N) is 1. The Balaban J connectivity index is 1.57. The van der Waals surface area contributed by atoms with Crippen LogP contribution < -0.4 is 11.1 Å². The Hall–Kier alpha value is -3.76. The summed E-state index contributed by atoms with van der Waals surface area (Å²) in [5.41, 5.74) is 5.54. The summed E-state index contributed by atoms with van der Waals surface area (Å²) in [4.78, 5) is 42.9. The van der Waals surface area contributed by atoms with Crippen molar-refractivity contribution in [1.29, 1.82) is 0 Å². The highest BCUT2D eigenvalue weighted by molar-refractivity contribution is 5.94. The molecule has 2 atom stereocenters. The van der Waals surface area contributed by atoms with Gasteiger partial charge in [-0.1, -0.05) is 42.5 Å². The lowest BCUT2D eigenvalue weighted by atomic mass is 9.86. The molecular weight excluding hydrogens is 503 g/mol. The van der Waals surface area contributed by atoms with Crippen LogP contribution in [0.4, 0.5) is 4.39 Å². The Morgan fingerprint density at radius 1 is 1.10 bits per heavy atom. The highest BCUT2D eigenvalue weighted by Crippen LogP contribution is 2.38. The number of carbonyl (C=O) groups excluding carboxylic acids is 3. The second kappa shape index (κ2) is 11.5. The van der Waals surface area contributed by atoms with Gasteiger partial charge < -0.3 is 30.3 Å². The molecule has 3 N–H and O–H groups in total. The van der Waals surface area contributed by atoms with Crippen molar-refractivity contribution < 1.29 is 28.2 Å². The van der Waals surface area contributed by atoms with Gasteiger partial charge in [0, 0.05) is 25.6 Å². The fourth-order valence-electron chi connectivity index (χ4n) is 4.99. The summed E-state index contributed by atoms with van der Waals surface area (Å²) < 4.78 is 25.1. The van der Waals surface area contributed by atoms with Gasteiger partial charge in [-0.05, 0) is 37.1 Å². The maximum Gasteiger partial charge on any atom is 0.251 e. The summed E-state index contributed by atoms with van der Waals surface area (Å²) in [6.45, 7) is 3.98. The van der Waals surface area contributed by atoms with Crippen molar-refractivity contribution in [2.45, 2.75) is 44.0 Å². The highest BCUT2D eigenvalue weighted by atomic mass is 19.1. The van der Waals surface area contributed by atoms with Crippen LogP contribution in [0.2, 0.25) is 0 Å². The maximum atomic E-state index is 13.9. The lowest BCUT2D eigenvalue weighted by Crippen LogP contribution is -2.66. The molecule has 2 aromatic rings. The molecule has 10 heteroatoms. The average molecular weight is 539 g/mol. The number of hydrogen-bond acceptors (Lipinski definition) is 6. The lowest BCUT2D eigenvalue weighted by Gasteiger charge is -2.48. The van der Waals surface area contributed by atoms with E-state index in [1.165, 1.54) is 25.3 Å². The molecule has 0 radical (unpaired) electrons. The number of fused-ring (bicyclic) bond motifs is 1. The van der Waals surface area contributed by atoms with E-state index >= 15 is 0 Å². The molecule has 39 heavy (non-hydrogen) atoms.